The molecule has 0 radical (unpaired) electrons. The monoisotopic (exact) mass is 236 g/mol. The molecule has 1 unspecified atom stereocenters. The summed E-state index contributed by atoms with van der Waals surface area (Å²) in [5, 5.41) is 5.50. The van der Waals surface area contributed by atoms with Gasteiger partial charge < -0.3 is 9.84 Å². The van der Waals surface area contributed by atoms with Crippen molar-refractivity contribution in [3.8, 4) is 5.75 Å². The van der Waals surface area contributed by atoms with Crippen molar-refractivity contribution in [3.05, 3.63) is 29.8 Å². The smallest absolute Gasteiger partial charge is 0.351 e. The summed E-state index contributed by atoms with van der Waals surface area (Å²) < 4.78 is 30.2. The molecule has 15 heavy (non-hydrogen) atoms. The molecule has 1 atom stereocenters. The maximum atomic E-state index is 12.5. The molecule has 1 aromatic rings. The van der Waals surface area contributed by atoms with Gasteiger partial charge in [0.2, 0.25) is 0 Å². The highest BCUT2D eigenvalue weighted by Gasteiger charge is 2.36. The van der Waals surface area contributed by atoms with Gasteiger partial charge in [0.15, 0.2) is 6.10 Å². The van der Waals surface area contributed by atoms with Crippen LogP contribution in [0.1, 0.15) is 18.6 Å². The maximum absolute atomic E-state index is 12.5. The van der Waals surface area contributed by atoms with Gasteiger partial charge >= 0.3 is 5.38 Å². The van der Waals surface area contributed by atoms with Crippen LogP contribution in [0.15, 0.2) is 24.3 Å². The third-order valence-corrected chi connectivity index (χ3v) is 2.02. The summed E-state index contributed by atoms with van der Waals surface area (Å²) in [5.41, 5.74) is 0.0541. The van der Waals surface area contributed by atoms with Crippen LogP contribution in [0, 0.1) is 0 Å². The van der Waals surface area contributed by atoms with Crippen LogP contribution >= 0.6 is 11.6 Å². The molecule has 0 aliphatic carbocycles. The third kappa shape index (κ3) is 3.32. The van der Waals surface area contributed by atoms with Crippen molar-refractivity contribution < 1.29 is 18.6 Å². The zero-order chi connectivity index (χ0) is 11.5. The zero-order valence-corrected chi connectivity index (χ0v) is 8.84. The van der Waals surface area contributed by atoms with Crippen LogP contribution in [-0.4, -0.2) is 17.1 Å². The van der Waals surface area contributed by atoms with E-state index in [0.29, 0.717) is 12.4 Å². The Morgan fingerprint density at radius 3 is 2.33 bits per heavy atom. The molecular weight excluding hydrogens is 226 g/mol. The highest BCUT2D eigenvalue weighted by atomic mass is 35.5. The van der Waals surface area contributed by atoms with Crippen LogP contribution in [0.2, 0.25) is 0 Å². The topological polar surface area (TPSA) is 29.5 Å². The van der Waals surface area contributed by atoms with Crippen molar-refractivity contribution >= 4 is 11.6 Å². The summed E-state index contributed by atoms with van der Waals surface area (Å²) in [6.45, 7) is 2.31. The lowest BCUT2D eigenvalue weighted by Gasteiger charge is -2.16. The lowest BCUT2D eigenvalue weighted by molar-refractivity contribution is -0.0424. The van der Waals surface area contributed by atoms with E-state index in [-0.39, 0.29) is 5.56 Å². The first-order valence-electron chi connectivity index (χ1n) is 4.42. The molecule has 0 aliphatic heterocycles. The molecule has 0 heterocycles. The molecule has 5 heteroatoms. The van der Waals surface area contributed by atoms with Gasteiger partial charge in [-0.25, -0.2) is 0 Å². The molecule has 0 fully saturated rings. The first kappa shape index (κ1) is 12.2. The Morgan fingerprint density at radius 2 is 1.93 bits per heavy atom. The minimum absolute atomic E-state index is 0.0541. The quantitative estimate of drug-likeness (QED) is 0.815. The van der Waals surface area contributed by atoms with E-state index in [2.05, 4.69) is 0 Å². The van der Waals surface area contributed by atoms with Crippen molar-refractivity contribution in [1.29, 1.82) is 0 Å². The van der Waals surface area contributed by atoms with Crippen molar-refractivity contribution in [2.45, 2.75) is 18.4 Å². The number of hydrogen-bond donors (Lipinski definition) is 1. The van der Waals surface area contributed by atoms with Gasteiger partial charge in [-0.3, -0.25) is 0 Å². The minimum atomic E-state index is -3.66. The second-order valence-corrected chi connectivity index (χ2v) is 3.45. The van der Waals surface area contributed by atoms with Crippen LogP contribution in [0.4, 0.5) is 8.78 Å². The fourth-order valence-electron chi connectivity index (χ4n) is 1.10. The molecule has 0 aliphatic rings. The Labute approximate surface area is 91.4 Å². The van der Waals surface area contributed by atoms with Crippen LogP contribution in [0.3, 0.4) is 0 Å². The molecule has 0 spiro atoms. The van der Waals surface area contributed by atoms with Crippen LogP contribution < -0.4 is 4.74 Å². The summed E-state index contributed by atoms with van der Waals surface area (Å²) in [4.78, 5) is 0. The van der Waals surface area contributed by atoms with Gasteiger partial charge in [-0.05, 0) is 36.2 Å². The summed E-state index contributed by atoms with van der Waals surface area (Å²) in [6.07, 6.45) is -2.00. The Kier molecular flexibility index (Phi) is 3.88. The van der Waals surface area contributed by atoms with Crippen molar-refractivity contribution in [2.24, 2.45) is 0 Å². The standard InChI is InChI=1S/C10H11ClF2O2/c1-2-15-8-5-3-7(4-6-8)9(14)10(11,12)13/h3-6,9,14H,2H2,1H3. The van der Waals surface area contributed by atoms with E-state index in [1.807, 2.05) is 6.92 Å². The van der Waals surface area contributed by atoms with Crippen LogP contribution in [0.25, 0.3) is 0 Å². The predicted molar refractivity (Wildman–Crippen MR) is 53.4 cm³/mol. The van der Waals surface area contributed by atoms with Crippen molar-refractivity contribution in [2.75, 3.05) is 6.61 Å². The lowest BCUT2D eigenvalue weighted by Crippen LogP contribution is -2.18. The average molecular weight is 237 g/mol. The number of aliphatic hydroxyl groups excluding tert-OH is 1. The molecule has 0 saturated heterocycles. The summed E-state index contributed by atoms with van der Waals surface area (Å²) in [5.74, 6) is 0.561. The fraction of sp³-hybridized carbons (Fsp3) is 0.400. The van der Waals surface area contributed by atoms with Gasteiger partial charge in [-0.1, -0.05) is 12.1 Å². The molecule has 1 aromatic carbocycles. The van der Waals surface area contributed by atoms with Crippen LogP contribution in [0.5, 0.6) is 5.75 Å². The largest absolute Gasteiger partial charge is 0.494 e. The van der Waals surface area contributed by atoms with E-state index in [1.54, 1.807) is 0 Å². The summed E-state index contributed by atoms with van der Waals surface area (Å²) in [7, 11) is 0. The van der Waals surface area contributed by atoms with E-state index in [9.17, 15) is 8.78 Å². The maximum Gasteiger partial charge on any atom is 0.351 e. The van der Waals surface area contributed by atoms with Gasteiger partial charge in [0.05, 0.1) is 6.61 Å². The van der Waals surface area contributed by atoms with Crippen LogP contribution in [-0.2, 0) is 0 Å². The van der Waals surface area contributed by atoms with Gasteiger partial charge in [0, 0.05) is 0 Å². The van der Waals surface area contributed by atoms with Gasteiger partial charge in [-0.15, -0.1) is 0 Å². The number of hydrogen-bond acceptors (Lipinski definition) is 2. The second kappa shape index (κ2) is 4.77. The van der Waals surface area contributed by atoms with E-state index in [0.717, 1.165) is 0 Å². The van der Waals surface area contributed by atoms with E-state index < -0.39 is 11.5 Å². The number of rotatable bonds is 4. The molecular formula is C10H11ClF2O2. The van der Waals surface area contributed by atoms with E-state index >= 15 is 0 Å². The number of ether oxygens (including phenoxy) is 1. The van der Waals surface area contributed by atoms with Gasteiger partial charge in [0.1, 0.15) is 5.75 Å². The van der Waals surface area contributed by atoms with Gasteiger partial charge in [-0.2, -0.15) is 8.78 Å². The highest BCUT2D eigenvalue weighted by molar-refractivity contribution is 6.22. The Bertz CT molecular complexity index is 308. The lowest BCUT2D eigenvalue weighted by atomic mass is 10.1. The third-order valence-electron chi connectivity index (χ3n) is 1.82. The van der Waals surface area contributed by atoms with E-state index in [4.69, 9.17) is 21.4 Å². The normalized spacial score (nSPS) is 13.7. The summed E-state index contributed by atoms with van der Waals surface area (Å²) in [6, 6.07) is 5.72. The number of aliphatic hydroxyl groups is 1. The molecule has 84 valence electrons. The number of benzene rings is 1. The summed E-state index contributed by atoms with van der Waals surface area (Å²) >= 11 is 4.70. The molecule has 0 amide bonds. The van der Waals surface area contributed by atoms with Crippen molar-refractivity contribution in [3.63, 3.8) is 0 Å². The molecule has 1 rings (SSSR count). The SMILES string of the molecule is CCOc1ccc(C(O)C(F)(F)Cl)cc1. The van der Waals surface area contributed by atoms with Crippen molar-refractivity contribution in [1.82, 2.24) is 0 Å². The number of halogens is 3. The first-order chi connectivity index (χ1) is 6.95. The molecule has 2 nitrogen and oxygen atoms in total. The van der Waals surface area contributed by atoms with E-state index in [1.165, 1.54) is 24.3 Å². The Morgan fingerprint density at radius 1 is 1.40 bits per heavy atom. The molecule has 0 bridgehead atoms. The first-order valence-corrected chi connectivity index (χ1v) is 4.80. The predicted octanol–water partition coefficient (Wildman–Crippen LogP) is 2.95. The van der Waals surface area contributed by atoms with Gasteiger partial charge in [0.25, 0.3) is 0 Å². The molecule has 1 N–H and O–H groups in total. The Hall–Kier alpha value is -0.870. The molecule has 0 saturated carbocycles. The minimum Gasteiger partial charge on any atom is -0.494 e. The molecule has 0 aromatic heterocycles. The Balaban J connectivity index is 2.80. The average Bonchev–Trinajstić information content (AvgIpc) is 2.17. The highest BCUT2D eigenvalue weighted by Crippen LogP contribution is 2.35. The number of alkyl halides is 3. The zero-order valence-electron chi connectivity index (χ0n) is 8.08. The second-order valence-electron chi connectivity index (χ2n) is 2.95. The fourth-order valence-corrected chi connectivity index (χ4v) is 1.23.